The standard InChI is InChI=1S/C8H16NO/c1-4-5-9(2,3)8-6-10-7-8/h4,8H,1,5-7H2,2-3H3/q+1. The van der Waals surface area contributed by atoms with Crippen molar-refractivity contribution in [3.05, 3.63) is 12.7 Å². The fraction of sp³-hybridized carbons (Fsp3) is 0.750. The number of rotatable bonds is 3. The maximum absolute atomic E-state index is 5.12. The lowest BCUT2D eigenvalue weighted by Crippen LogP contribution is -2.58. The number of ether oxygens (including phenoxy) is 1. The summed E-state index contributed by atoms with van der Waals surface area (Å²) < 4.78 is 6.13. The van der Waals surface area contributed by atoms with E-state index in [4.69, 9.17) is 4.74 Å². The van der Waals surface area contributed by atoms with Crippen LogP contribution in [0.2, 0.25) is 0 Å². The van der Waals surface area contributed by atoms with Crippen LogP contribution in [-0.4, -0.2) is 44.4 Å². The van der Waals surface area contributed by atoms with E-state index >= 15 is 0 Å². The zero-order chi connectivity index (χ0) is 7.61. The van der Waals surface area contributed by atoms with Gasteiger partial charge in [0.05, 0.1) is 20.6 Å². The average Bonchev–Trinajstić information content (AvgIpc) is 1.56. The first-order valence-electron chi connectivity index (χ1n) is 3.68. The van der Waals surface area contributed by atoms with Crippen molar-refractivity contribution in [3.63, 3.8) is 0 Å². The topological polar surface area (TPSA) is 9.23 Å². The summed E-state index contributed by atoms with van der Waals surface area (Å²) in [7, 11) is 4.43. The maximum Gasteiger partial charge on any atom is 0.136 e. The average molecular weight is 142 g/mol. The third kappa shape index (κ3) is 1.39. The van der Waals surface area contributed by atoms with E-state index in [1.807, 2.05) is 6.08 Å². The van der Waals surface area contributed by atoms with Crippen molar-refractivity contribution >= 4 is 0 Å². The Morgan fingerprint density at radius 3 is 2.50 bits per heavy atom. The Kier molecular flexibility index (Phi) is 2.11. The maximum atomic E-state index is 5.12. The molecule has 2 nitrogen and oxygen atoms in total. The van der Waals surface area contributed by atoms with E-state index < -0.39 is 0 Å². The third-order valence-corrected chi connectivity index (χ3v) is 2.21. The van der Waals surface area contributed by atoms with Gasteiger partial charge >= 0.3 is 0 Å². The van der Waals surface area contributed by atoms with E-state index in [1.165, 1.54) is 0 Å². The van der Waals surface area contributed by atoms with E-state index in [0.717, 1.165) is 24.2 Å². The second kappa shape index (κ2) is 2.72. The molecule has 58 valence electrons. The molecule has 10 heavy (non-hydrogen) atoms. The van der Waals surface area contributed by atoms with Gasteiger partial charge in [0.1, 0.15) is 19.3 Å². The molecule has 1 aliphatic heterocycles. The lowest BCUT2D eigenvalue weighted by Gasteiger charge is -2.41. The molecule has 0 amide bonds. The number of hydrogen-bond donors (Lipinski definition) is 0. The predicted octanol–water partition coefficient (Wildman–Crippen LogP) is 0.648. The smallest absolute Gasteiger partial charge is 0.136 e. The van der Waals surface area contributed by atoms with Gasteiger partial charge < -0.3 is 9.22 Å². The van der Waals surface area contributed by atoms with Crippen molar-refractivity contribution in [1.82, 2.24) is 0 Å². The molecule has 0 aromatic rings. The van der Waals surface area contributed by atoms with Crippen LogP contribution in [-0.2, 0) is 4.74 Å². The van der Waals surface area contributed by atoms with Gasteiger partial charge in [0, 0.05) is 0 Å². The van der Waals surface area contributed by atoms with Crippen LogP contribution in [0.1, 0.15) is 0 Å². The summed E-state index contributed by atoms with van der Waals surface area (Å²) in [4.78, 5) is 0. The van der Waals surface area contributed by atoms with Crippen molar-refractivity contribution in [3.8, 4) is 0 Å². The van der Waals surface area contributed by atoms with Gasteiger partial charge in [-0.05, 0) is 6.08 Å². The second-order valence-electron chi connectivity index (χ2n) is 3.44. The summed E-state index contributed by atoms with van der Waals surface area (Å²) in [6.45, 7) is 6.60. The van der Waals surface area contributed by atoms with E-state index in [-0.39, 0.29) is 0 Å². The number of quaternary nitrogens is 1. The summed E-state index contributed by atoms with van der Waals surface area (Å²) in [5, 5.41) is 0. The van der Waals surface area contributed by atoms with E-state index in [2.05, 4.69) is 20.7 Å². The first-order chi connectivity index (χ1) is 4.67. The number of likely N-dealkylation sites (N-methyl/N-ethyl adjacent to an activating group) is 1. The van der Waals surface area contributed by atoms with Crippen LogP contribution < -0.4 is 0 Å². The molecule has 0 aromatic heterocycles. The lowest BCUT2D eigenvalue weighted by atomic mass is 10.2. The summed E-state index contributed by atoms with van der Waals surface area (Å²) in [6, 6.07) is 0.693. The van der Waals surface area contributed by atoms with Gasteiger partial charge in [-0.25, -0.2) is 0 Å². The van der Waals surface area contributed by atoms with Crippen LogP contribution in [0, 0.1) is 0 Å². The summed E-state index contributed by atoms with van der Waals surface area (Å²) in [6.07, 6.45) is 1.97. The highest BCUT2D eigenvalue weighted by atomic mass is 16.5. The highest BCUT2D eigenvalue weighted by molar-refractivity contribution is 4.71. The minimum Gasteiger partial charge on any atom is -0.369 e. The van der Waals surface area contributed by atoms with E-state index in [0.29, 0.717) is 6.04 Å². The van der Waals surface area contributed by atoms with Gasteiger partial charge in [-0.3, -0.25) is 0 Å². The molecule has 0 bridgehead atoms. The number of nitrogens with zero attached hydrogens (tertiary/aromatic N) is 1. The van der Waals surface area contributed by atoms with Crippen LogP contribution in [0.15, 0.2) is 12.7 Å². The normalized spacial score (nSPS) is 20.2. The Morgan fingerprint density at radius 1 is 1.60 bits per heavy atom. The van der Waals surface area contributed by atoms with Crippen molar-refractivity contribution in [1.29, 1.82) is 0 Å². The molecule has 0 N–H and O–H groups in total. The highest BCUT2D eigenvalue weighted by Crippen LogP contribution is 2.14. The number of hydrogen-bond acceptors (Lipinski definition) is 1. The molecular formula is C8H16NO+. The zero-order valence-electron chi connectivity index (χ0n) is 6.84. The molecule has 0 saturated carbocycles. The Morgan fingerprint density at radius 2 is 2.20 bits per heavy atom. The van der Waals surface area contributed by atoms with Gasteiger partial charge in [0.25, 0.3) is 0 Å². The van der Waals surface area contributed by atoms with E-state index in [9.17, 15) is 0 Å². The van der Waals surface area contributed by atoms with Crippen LogP contribution in [0.25, 0.3) is 0 Å². The largest absolute Gasteiger partial charge is 0.369 e. The van der Waals surface area contributed by atoms with Crippen LogP contribution >= 0.6 is 0 Å². The fourth-order valence-corrected chi connectivity index (χ4v) is 1.11. The quantitative estimate of drug-likeness (QED) is 0.415. The van der Waals surface area contributed by atoms with Gasteiger partial charge in [0.2, 0.25) is 0 Å². The molecule has 0 aliphatic carbocycles. The molecule has 2 heteroatoms. The molecule has 0 radical (unpaired) electrons. The highest BCUT2D eigenvalue weighted by Gasteiger charge is 2.33. The van der Waals surface area contributed by atoms with Crippen molar-refractivity contribution < 1.29 is 9.22 Å². The Bertz CT molecular complexity index is 127. The van der Waals surface area contributed by atoms with Crippen LogP contribution in [0.4, 0.5) is 0 Å². The molecule has 1 fully saturated rings. The monoisotopic (exact) mass is 142 g/mol. The van der Waals surface area contributed by atoms with Gasteiger partial charge in [-0.15, -0.1) is 0 Å². The first-order valence-corrected chi connectivity index (χ1v) is 3.68. The third-order valence-electron chi connectivity index (χ3n) is 2.21. The van der Waals surface area contributed by atoms with Gasteiger partial charge in [-0.2, -0.15) is 0 Å². The predicted molar refractivity (Wildman–Crippen MR) is 41.8 cm³/mol. The molecule has 1 saturated heterocycles. The Hall–Kier alpha value is -0.340. The fourth-order valence-electron chi connectivity index (χ4n) is 1.11. The summed E-state index contributed by atoms with van der Waals surface area (Å²) in [5.41, 5.74) is 0. The molecule has 1 rings (SSSR count). The molecule has 0 atom stereocenters. The van der Waals surface area contributed by atoms with Gasteiger partial charge in [0.15, 0.2) is 0 Å². The molecule has 0 spiro atoms. The van der Waals surface area contributed by atoms with Crippen LogP contribution in [0.3, 0.4) is 0 Å². The molecule has 1 aliphatic rings. The second-order valence-corrected chi connectivity index (χ2v) is 3.44. The van der Waals surface area contributed by atoms with Crippen molar-refractivity contribution in [2.45, 2.75) is 6.04 Å². The minimum atomic E-state index is 0.693. The summed E-state index contributed by atoms with van der Waals surface area (Å²) >= 11 is 0. The van der Waals surface area contributed by atoms with Crippen molar-refractivity contribution in [2.24, 2.45) is 0 Å². The van der Waals surface area contributed by atoms with Gasteiger partial charge in [-0.1, -0.05) is 6.58 Å². The van der Waals surface area contributed by atoms with E-state index in [1.54, 1.807) is 0 Å². The lowest BCUT2D eigenvalue weighted by molar-refractivity contribution is -0.918. The molecule has 0 aromatic carbocycles. The Balaban J connectivity index is 2.39. The molecule has 1 heterocycles. The van der Waals surface area contributed by atoms with Crippen molar-refractivity contribution in [2.75, 3.05) is 33.9 Å². The SMILES string of the molecule is C=CC[N+](C)(C)C1COC1. The molecular weight excluding hydrogens is 126 g/mol. The molecule has 0 unspecified atom stereocenters. The van der Waals surface area contributed by atoms with Crippen LogP contribution in [0.5, 0.6) is 0 Å². The summed E-state index contributed by atoms with van der Waals surface area (Å²) in [5.74, 6) is 0. The first kappa shape index (κ1) is 7.76. The minimum absolute atomic E-state index is 0.693. The Labute approximate surface area is 62.7 Å². The zero-order valence-corrected chi connectivity index (χ0v) is 6.84.